The van der Waals surface area contributed by atoms with E-state index in [2.05, 4.69) is 21.2 Å². The first-order valence-electron chi connectivity index (χ1n) is 7.30. The van der Waals surface area contributed by atoms with Crippen LogP contribution in [0.5, 0.6) is 5.75 Å². The Kier molecular flexibility index (Phi) is 5.71. The lowest BCUT2D eigenvalue weighted by atomic mass is 10.2. The summed E-state index contributed by atoms with van der Waals surface area (Å²) >= 11 is 11.2. The van der Waals surface area contributed by atoms with Crippen molar-refractivity contribution in [3.63, 3.8) is 0 Å². The Balaban J connectivity index is 1.67. The van der Waals surface area contributed by atoms with Gasteiger partial charge in [-0.2, -0.15) is 0 Å². The fourth-order valence-electron chi connectivity index (χ4n) is 2.37. The van der Waals surface area contributed by atoms with E-state index in [0.717, 1.165) is 21.3 Å². The quantitative estimate of drug-likeness (QED) is 0.736. The number of hydrogen-bond donors (Lipinski definition) is 2. The third kappa shape index (κ3) is 4.06. The van der Waals surface area contributed by atoms with Gasteiger partial charge in [0.2, 0.25) is 0 Å². The summed E-state index contributed by atoms with van der Waals surface area (Å²) in [4.78, 5) is 11.0. The highest BCUT2D eigenvalue weighted by atomic mass is 79.9. The van der Waals surface area contributed by atoms with Crippen LogP contribution in [0.4, 0.5) is 0 Å². The maximum absolute atomic E-state index is 11.0. The standard InChI is InChI=1S/C17H15BrClNO3S/c18-12-7-10(16-20-14(9-24-16)17(21)22)5-6-15(12)23-8-11-3-1-2-4-13(11)19/h1-7,14,16,20H,8-9H2,(H,21,22). The second kappa shape index (κ2) is 7.78. The number of rotatable bonds is 5. The van der Waals surface area contributed by atoms with E-state index in [1.54, 1.807) is 11.8 Å². The second-order valence-electron chi connectivity index (χ2n) is 5.34. The third-order valence-electron chi connectivity index (χ3n) is 3.68. The molecule has 24 heavy (non-hydrogen) atoms. The largest absolute Gasteiger partial charge is 0.488 e. The Bertz CT molecular complexity index is 758. The van der Waals surface area contributed by atoms with Crippen molar-refractivity contribution >= 4 is 45.3 Å². The average Bonchev–Trinajstić information content (AvgIpc) is 3.05. The number of benzene rings is 2. The fourth-order valence-corrected chi connectivity index (χ4v) is 4.30. The maximum atomic E-state index is 11.0. The highest BCUT2D eigenvalue weighted by Crippen LogP contribution is 2.36. The lowest BCUT2D eigenvalue weighted by Crippen LogP contribution is -2.33. The molecule has 2 atom stereocenters. The second-order valence-corrected chi connectivity index (χ2v) is 7.74. The Morgan fingerprint density at radius 1 is 1.38 bits per heavy atom. The molecule has 1 aliphatic heterocycles. The number of halogens is 2. The van der Waals surface area contributed by atoms with Gasteiger partial charge >= 0.3 is 5.97 Å². The van der Waals surface area contributed by atoms with Crippen molar-refractivity contribution in [1.29, 1.82) is 0 Å². The van der Waals surface area contributed by atoms with E-state index in [4.69, 9.17) is 21.4 Å². The van der Waals surface area contributed by atoms with Crippen LogP contribution in [-0.2, 0) is 11.4 Å². The van der Waals surface area contributed by atoms with Gasteiger partial charge in [0.15, 0.2) is 0 Å². The molecule has 7 heteroatoms. The molecular formula is C17H15BrClNO3S. The number of hydrogen-bond acceptors (Lipinski definition) is 4. The van der Waals surface area contributed by atoms with Gasteiger partial charge < -0.3 is 9.84 Å². The Labute approximate surface area is 157 Å². The van der Waals surface area contributed by atoms with Crippen molar-refractivity contribution in [2.75, 3.05) is 5.75 Å². The van der Waals surface area contributed by atoms with Crippen molar-refractivity contribution in [3.8, 4) is 5.75 Å². The van der Waals surface area contributed by atoms with Gasteiger partial charge in [-0.1, -0.05) is 35.9 Å². The minimum Gasteiger partial charge on any atom is -0.488 e. The van der Waals surface area contributed by atoms with Crippen molar-refractivity contribution < 1.29 is 14.6 Å². The molecule has 2 unspecified atom stereocenters. The van der Waals surface area contributed by atoms with Gasteiger partial charge in [-0.3, -0.25) is 10.1 Å². The molecule has 126 valence electrons. The van der Waals surface area contributed by atoms with E-state index in [1.807, 2.05) is 42.5 Å². The van der Waals surface area contributed by atoms with Gasteiger partial charge in [0.05, 0.1) is 9.85 Å². The molecule has 2 N–H and O–H groups in total. The highest BCUT2D eigenvalue weighted by Gasteiger charge is 2.30. The van der Waals surface area contributed by atoms with Gasteiger partial charge in [0, 0.05) is 16.3 Å². The van der Waals surface area contributed by atoms with Crippen LogP contribution in [0.15, 0.2) is 46.9 Å². The normalized spacial score (nSPS) is 20.1. The molecule has 0 aromatic heterocycles. The number of nitrogens with one attached hydrogen (secondary N) is 1. The van der Waals surface area contributed by atoms with Crippen molar-refractivity contribution in [2.45, 2.75) is 18.0 Å². The number of thioether (sulfide) groups is 1. The molecule has 4 nitrogen and oxygen atoms in total. The molecule has 0 radical (unpaired) electrons. The summed E-state index contributed by atoms with van der Waals surface area (Å²) in [5.74, 6) is 0.461. The number of ether oxygens (including phenoxy) is 1. The zero-order valence-electron chi connectivity index (χ0n) is 12.5. The first-order chi connectivity index (χ1) is 11.5. The van der Waals surface area contributed by atoms with E-state index in [1.165, 1.54) is 0 Å². The zero-order chi connectivity index (χ0) is 17.1. The molecule has 1 saturated heterocycles. The fraction of sp³-hybridized carbons (Fsp3) is 0.235. The number of carboxylic acid groups (broad SMARTS) is 1. The molecule has 0 saturated carbocycles. The van der Waals surface area contributed by atoms with Gasteiger partial charge in [0.25, 0.3) is 0 Å². The van der Waals surface area contributed by atoms with Crippen LogP contribution in [0.2, 0.25) is 5.02 Å². The minimum atomic E-state index is -0.816. The summed E-state index contributed by atoms with van der Waals surface area (Å²) in [7, 11) is 0. The smallest absolute Gasteiger partial charge is 0.321 e. The predicted molar refractivity (Wildman–Crippen MR) is 99.7 cm³/mol. The molecule has 3 rings (SSSR count). The number of carboxylic acids is 1. The van der Waals surface area contributed by atoms with Crippen molar-refractivity contribution in [2.24, 2.45) is 0 Å². The highest BCUT2D eigenvalue weighted by molar-refractivity contribution is 9.10. The summed E-state index contributed by atoms with van der Waals surface area (Å²) in [6, 6.07) is 12.8. The molecule has 2 aromatic carbocycles. The van der Waals surface area contributed by atoms with E-state index >= 15 is 0 Å². The molecule has 2 aromatic rings. The maximum Gasteiger partial charge on any atom is 0.321 e. The molecule has 1 aliphatic rings. The molecule has 0 aliphatic carbocycles. The van der Waals surface area contributed by atoms with Crippen LogP contribution < -0.4 is 10.1 Å². The van der Waals surface area contributed by atoms with Crippen LogP contribution in [0.1, 0.15) is 16.5 Å². The Morgan fingerprint density at radius 2 is 2.17 bits per heavy atom. The van der Waals surface area contributed by atoms with Crippen LogP contribution >= 0.6 is 39.3 Å². The summed E-state index contributed by atoms with van der Waals surface area (Å²) in [6.45, 7) is 0.384. The Hall–Kier alpha value is -1.21. The van der Waals surface area contributed by atoms with Crippen LogP contribution in [0, 0.1) is 0 Å². The van der Waals surface area contributed by atoms with E-state index in [9.17, 15) is 4.79 Å². The number of carbonyl (C=O) groups is 1. The molecule has 0 amide bonds. The monoisotopic (exact) mass is 427 g/mol. The van der Waals surface area contributed by atoms with Crippen LogP contribution in [-0.4, -0.2) is 22.9 Å². The minimum absolute atomic E-state index is 0.0278. The van der Waals surface area contributed by atoms with Gasteiger partial charge in [0.1, 0.15) is 18.4 Å². The van der Waals surface area contributed by atoms with Crippen LogP contribution in [0.25, 0.3) is 0 Å². The summed E-state index contributed by atoms with van der Waals surface area (Å²) < 4.78 is 6.66. The average molecular weight is 429 g/mol. The topological polar surface area (TPSA) is 58.6 Å². The van der Waals surface area contributed by atoms with Gasteiger partial charge in [-0.05, 0) is 39.7 Å². The SMILES string of the molecule is O=C(O)C1CSC(c2ccc(OCc3ccccc3Cl)c(Br)c2)N1. The lowest BCUT2D eigenvalue weighted by molar-refractivity contribution is -0.138. The van der Waals surface area contributed by atoms with Crippen LogP contribution in [0.3, 0.4) is 0 Å². The van der Waals surface area contributed by atoms with Gasteiger partial charge in [-0.25, -0.2) is 0 Å². The summed E-state index contributed by atoms with van der Waals surface area (Å²) in [6.07, 6.45) is 0. The van der Waals surface area contributed by atoms with Crippen molar-refractivity contribution in [3.05, 3.63) is 63.1 Å². The van der Waals surface area contributed by atoms with Crippen molar-refractivity contribution in [1.82, 2.24) is 5.32 Å². The first-order valence-corrected chi connectivity index (χ1v) is 9.52. The molecule has 0 bridgehead atoms. The lowest BCUT2D eigenvalue weighted by Gasteiger charge is -2.14. The first kappa shape index (κ1) is 17.6. The Morgan fingerprint density at radius 3 is 2.83 bits per heavy atom. The van der Waals surface area contributed by atoms with E-state index in [0.29, 0.717) is 17.4 Å². The zero-order valence-corrected chi connectivity index (χ0v) is 15.7. The van der Waals surface area contributed by atoms with Gasteiger partial charge in [-0.15, -0.1) is 11.8 Å². The summed E-state index contributed by atoms with van der Waals surface area (Å²) in [5.41, 5.74) is 1.94. The third-order valence-corrected chi connectivity index (χ3v) is 5.94. The number of aliphatic carboxylic acids is 1. The molecule has 1 fully saturated rings. The van der Waals surface area contributed by atoms with E-state index < -0.39 is 12.0 Å². The predicted octanol–water partition coefficient (Wildman–Crippen LogP) is 4.47. The van der Waals surface area contributed by atoms with E-state index in [-0.39, 0.29) is 5.37 Å². The summed E-state index contributed by atoms with van der Waals surface area (Å²) in [5, 5.41) is 12.8. The molecular weight excluding hydrogens is 414 g/mol. The molecule has 0 spiro atoms. The molecule has 1 heterocycles.